The molecule has 1 aliphatic heterocycles. The van der Waals surface area contributed by atoms with Gasteiger partial charge in [-0.15, -0.1) is 0 Å². The molecule has 1 amide bonds. The maximum absolute atomic E-state index is 12.6. The van der Waals surface area contributed by atoms with Gasteiger partial charge in [-0.2, -0.15) is 0 Å². The molecule has 2 heterocycles. The second-order valence-corrected chi connectivity index (χ2v) is 8.63. The molecule has 1 unspecified atom stereocenters. The van der Waals surface area contributed by atoms with Crippen molar-refractivity contribution >= 4 is 15.7 Å². The summed E-state index contributed by atoms with van der Waals surface area (Å²) in [4.78, 5) is 14.7. The average Bonchev–Trinajstić information content (AvgIpc) is 3.12. The molecule has 3 rings (SSSR count). The first-order valence-corrected chi connectivity index (χ1v) is 10.2. The molecule has 1 atom stereocenters. The van der Waals surface area contributed by atoms with Gasteiger partial charge in [-0.05, 0) is 50.5 Å². The third kappa shape index (κ3) is 3.61. The molecule has 1 fully saturated rings. The number of rotatable bonds is 4. The van der Waals surface area contributed by atoms with Crippen LogP contribution in [0.15, 0.2) is 39.8 Å². The van der Waals surface area contributed by atoms with Crippen LogP contribution in [-0.4, -0.2) is 42.7 Å². The average molecular weight is 362 g/mol. The van der Waals surface area contributed by atoms with Crippen LogP contribution in [0.2, 0.25) is 0 Å². The molecule has 6 nitrogen and oxygen atoms in total. The molecule has 0 bridgehead atoms. The van der Waals surface area contributed by atoms with Crippen LogP contribution < -0.4 is 0 Å². The Kier molecular flexibility index (Phi) is 4.94. The second kappa shape index (κ2) is 7.00. The van der Waals surface area contributed by atoms with Crippen LogP contribution >= 0.6 is 0 Å². The van der Waals surface area contributed by atoms with Crippen LogP contribution in [0.4, 0.5) is 0 Å². The predicted octanol–water partition coefficient (Wildman–Crippen LogP) is 3.15. The van der Waals surface area contributed by atoms with Crippen molar-refractivity contribution in [3.05, 3.63) is 36.0 Å². The Morgan fingerprint density at radius 1 is 1.28 bits per heavy atom. The largest absolute Gasteiger partial charge is 0.355 e. The Morgan fingerprint density at radius 2 is 2.00 bits per heavy atom. The van der Waals surface area contributed by atoms with Gasteiger partial charge in [0.2, 0.25) is 0 Å². The third-order valence-electron chi connectivity index (χ3n) is 4.67. The quantitative estimate of drug-likeness (QED) is 0.835. The highest BCUT2D eigenvalue weighted by Crippen LogP contribution is 2.25. The van der Waals surface area contributed by atoms with E-state index in [4.69, 9.17) is 4.52 Å². The molecule has 0 radical (unpaired) electrons. The fourth-order valence-electron chi connectivity index (χ4n) is 3.05. The fraction of sp³-hybridized carbons (Fsp3) is 0.444. The molecule has 7 heteroatoms. The molecule has 2 aromatic rings. The van der Waals surface area contributed by atoms with Crippen molar-refractivity contribution in [3.8, 4) is 11.3 Å². The molecule has 1 saturated heterocycles. The summed E-state index contributed by atoms with van der Waals surface area (Å²) >= 11 is 0. The minimum absolute atomic E-state index is 0.0569. The van der Waals surface area contributed by atoms with Crippen molar-refractivity contribution in [2.24, 2.45) is 0 Å². The van der Waals surface area contributed by atoms with Crippen molar-refractivity contribution in [2.75, 3.05) is 12.3 Å². The number of piperidine rings is 1. The zero-order chi connectivity index (χ0) is 18.0. The van der Waals surface area contributed by atoms with E-state index < -0.39 is 9.84 Å². The first kappa shape index (κ1) is 17.7. The highest BCUT2D eigenvalue weighted by Gasteiger charge is 2.26. The molecular weight excluding hydrogens is 340 g/mol. The van der Waals surface area contributed by atoms with Crippen molar-refractivity contribution in [3.63, 3.8) is 0 Å². The Morgan fingerprint density at radius 3 is 2.64 bits per heavy atom. The number of sulfone groups is 1. The number of hydrogen-bond donors (Lipinski definition) is 0. The molecule has 0 aliphatic carbocycles. The summed E-state index contributed by atoms with van der Waals surface area (Å²) in [6, 6.07) is 8.25. The molecular formula is C18H22N2O4S. The van der Waals surface area contributed by atoms with Gasteiger partial charge in [0.05, 0.1) is 10.6 Å². The van der Waals surface area contributed by atoms with E-state index in [0.717, 1.165) is 25.8 Å². The lowest BCUT2D eigenvalue weighted by molar-refractivity contribution is 0.0625. The van der Waals surface area contributed by atoms with Crippen molar-refractivity contribution < 1.29 is 17.7 Å². The standard InChI is InChI=1S/C18H22N2O4S/c1-3-25(22,23)15-9-7-14(8-10-15)17-12-16(19-24-17)18(21)20-11-5-4-6-13(20)2/h7-10,12-13H,3-6,11H2,1-2H3. The van der Waals surface area contributed by atoms with Gasteiger partial charge in [-0.1, -0.05) is 12.1 Å². The number of likely N-dealkylation sites (tertiary alicyclic amines) is 1. The first-order valence-electron chi connectivity index (χ1n) is 8.53. The fourth-order valence-corrected chi connectivity index (χ4v) is 3.94. The monoisotopic (exact) mass is 362 g/mol. The first-order chi connectivity index (χ1) is 11.9. The summed E-state index contributed by atoms with van der Waals surface area (Å²) in [6.07, 6.45) is 3.15. The Hall–Kier alpha value is -2.15. The Bertz CT molecular complexity index is 855. The van der Waals surface area contributed by atoms with E-state index >= 15 is 0 Å². The smallest absolute Gasteiger partial charge is 0.276 e. The van der Waals surface area contributed by atoms with Crippen LogP contribution in [0.5, 0.6) is 0 Å². The van der Waals surface area contributed by atoms with Gasteiger partial charge in [0.1, 0.15) is 0 Å². The van der Waals surface area contributed by atoms with E-state index in [2.05, 4.69) is 5.16 Å². The topological polar surface area (TPSA) is 80.5 Å². The van der Waals surface area contributed by atoms with Gasteiger partial charge < -0.3 is 9.42 Å². The maximum Gasteiger partial charge on any atom is 0.276 e. The van der Waals surface area contributed by atoms with Gasteiger partial charge in [0, 0.05) is 24.2 Å². The van der Waals surface area contributed by atoms with Gasteiger partial charge in [-0.3, -0.25) is 4.79 Å². The third-order valence-corrected chi connectivity index (χ3v) is 6.42. The number of carbonyl (C=O) groups excluding carboxylic acids is 1. The minimum Gasteiger partial charge on any atom is -0.355 e. The molecule has 1 aromatic heterocycles. The van der Waals surface area contributed by atoms with E-state index in [0.29, 0.717) is 11.3 Å². The number of hydrogen-bond acceptors (Lipinski definition) is 5. The zero-order valence-electron chi connectivity index (χ0n) is 14.4. The number of benzene rings is 1. The Labute approximate surface area is 147 Å². The highest BCUT2D eigenvalue weighted by atomic mass is 32.2. The number of aromatic nitrogens is 1. The summed E-state index contributed by atoms with van der Waals surface area (Å²) in [7, 11) is -3.23. The molecule has 134 valence electrons. The normalized spacial score (nSPS) is 18.3. The minimum atomic E-state index is -3.23. The molecule has 0 N–H and O–H groups in total. The number of carbonyl (C=O) groups is 1. The van der Waals surface area contributed by atoms with Crippen LogP contribution in [0.3, 0.4) is 0 Å². The van der Waals surface area contributed by atoms with Crippen molar-refractivity contribution in [1.29, 1.82) is 0 Å². The highest BCUT2D eigenvalue weighted by molar-refractivity contribution is 7.91. The van der Waals surface area contributed by atoms with Crippen molar-refractivity contribution in [1.82, 2.24) is 10.1 Å². The summed E-state index contributed by atoms with van der Waals surface area (Å²) in [5.74, 6) is 0.391. The lowest BCUT2D eigenvalue weighted by atomic mass is 10.0. The van der Waals surface area contributed by atoms with Gasteiger partial charge in [-0.25, -0.2) is 8.42 Å². The number of amides is 1. The van der Waals surface area contributed by atoms with Gasteiger partial charge in [0.15, 0.2) is 21.3 Å². The molecule has 1 aliphatic rings. The van der Waals surface area contributed by atoms with Gasteiger partial charge >= 0.3 is 0 Å². The lowest BCUT2D eigenvalue weighted by Gasteiger charge is -2.32. The van der Waals surface area contributed by atoms with E-state index in [9.17, 15) is 13.2 Å². The zero-order valence-corrected chi connectivity index (χ0v) is 15.3. The number of nitrogens with zero attached hydrogens (tertiary/aromatic N) is 2. The van der Waals surface area contributed by atoms with E-state index in [-0.39, 0.29) is 28.3 Å². The molecule has 1 aromatic carbocycles. The summed E-state index contributed by atoms with van der Waals surface area (Å²) < 4.78 is 29.0. The van der Waals surface area contributed by atoms with E-state index in [1.807, 2.05) is 11.8 Å². The maximum atomic E-state index is 12.6. The van der Waals surface area contributed by atoms with Crippen molar-refractivity contribution in [2.45, 2.75) is 44.0 Å². The molecule has 0 spiro atoms. The van der Waals surface area contributed by atoms with Crippen LogP contribution in [0.25, 0.3) is 11.3 Å². The summed E-state index contributed by atoms with van der Waals surface area (Å²) in [5, 5.41) is 3.91. The second-order valence-electron chi connectivity index (χ2n) is 6.35. The summed E-state index contributed by atoms with van der Waals surface area (Å²) in [5.41, 5.74) is 0.974. The van der Waals surface area contributed by atoms with Crippen LogP contribution in [0.1, 0.15) is 43.6 Å². The summed E-state index contributed by atoms with van der Waals surface area (Å²) in [6.45, 7) is 4.40. The Balaban J connectivity index is 1.80. The SMILES string of the molecule is CCS(=O)(=O)c1ccc(-c2cc(C(=O)N3CCCCC3C)no2)cc1. The van der Waals surface area contributed by atoms with Gasteiger partial charge in [0.25, 0.3) is 5.91 Å². The predicted molar refractivity (Wildman–Crippen MR) is 94.0 cm³/mol. The van der Waals surface area contributed by atoms with E-state index in [1.54, 1.807) is 37.3 Å². The van der Waals surface area contributed by atoms with E-state index in [1.165, 1.54) is 0 Å². The molecule has 0 saturated carbocycles. The lowest BCUT2D eigenvalue weighted by Crippen LogP contribution is -2.42. The molecule has 25 heavy (non-hydrogen) atoms. The van der Waals surface area contributed by atoms with Crippen LogP contribution in [0, 0.1) is 0 Å². The van der Waals surface area contributed by atoms with Crippen LogP contribution in [-0.2, 0) is 9.84 Å².